The van der Waals surface area contributed by atoms with Crippen molar-refractivity contribution >= 4 is 11.8 Å². The lowest BCUT2D eigenvalue weighted by atomic mass is 10.2. The SMILES string of the molecule is COc1ccc(-c2nnc(SCc3ncnn3C)n2CC2CCCO2)cc1. The van der Waals surface area contributed by atoms with Gasteiger partial charge in [-0.2, -0.15) is 5.10 Å². The summed E-state index contributed by atoms with van der Waals surface area (Å²) in [4.78, 5) is 4.28. The maximum absolute atomic E-state index is 5.85. The van der Waals surface area contributed by atoms with Gasteiger partial charge >= 0.3 is 0 Å². The number of benzene rings is 1. The first-order valence-electron chi connectivity index (χ1n) is 8.89. The maximum Gasteiger partial charge on any atom is 0.192 e. The smallest absolute Gasteiger partial charge is 0.192 e. The van der Waals surface area contributed by atoms with Crippen LogP contribution in [0.25, 0.3) is 11.4 Å². The highest BCUT2D eigenvalue weighted by Gasteiger charge is 2.22. The summed E-state index contributed by atoms with van der Waals surface area (Å²) in [7, 11) is 3.55. The van der Waals surface area contributed by atoms with Crippen molar-refractivity contribution in [3.63, 3.8) is 0 Å². The second-order valence-corrected chi connectivity index (χ2v) is 7.31. The first-order valence-corrected chi connectivity index (χ1v) is 9.88. The molecule has 8 nitrogen and oxygen atoms in total. The monoisotopic (exact) mass is 386 g/mol. The van der Waals surface area contributed by atoms with Crippen LogP contribution in [0.1, 0.15) is 18.7 Å². The van der Waals surface area contributed by atoms with Crippen LogP contribution in [0.15, 0.2) is 35.7 Å². The summed E-state index contributed by atoms with van der Waals surface area (Å²) in [5.41, 5.74) is 1.01. The summed E-state index contributed by atoms with van der Waals surface area (Å²) in [5, 5.41) is 13.9. The lowest BCUT2D eigenvalue weighted by Gasteiger charge is -2.14. The van der Waals surface area contributed by atoms with Crippen molar-refractivity contribution in [3.8, 4) is 17.1 Å². The lowest BCUT2D eigenvalue weighted by molar-refractivity contribution is 0.0953. The van der Waals surface area contributed by atoms with Gasteiger partial charge in [0.2, 0.25) is 0 Å². The molecule has 1 aliphatic heterocycles. The minimum Gasteiger partial charge on any atom is -0.497 e. The van der Waals surface area contributed by atoms with Gasteiger partial charge in [-0.05, 0) is 37.1 Å². The van der Waals surface area contributed by atoms with Crippen LogP contribution in [-0.2, 0) is 24.1 Å². The molecule has 0 N–H and O–H groups in total. The number of methoxy groups -OCH3 is 1. The van der Waals surface area contributed by atoms with Gasteiger partial charge in [0.15, 0.2) is 11.0 Å². The topological polar surface area (TPSA) is 79.9 Å². The molecule has 27 heavy (non-hydrogen) atoms. The number of hydrogen-bond donors (Lipinski definition) is 0. The molecule has 0 spiro atoms. The Labute approximate surface area is 161 Å². The fraction of sp³-hybridized carbons (Fsp3) is 0.444. The largest absolute Gasteiger partial charge is 0.497 e. The molecular formula is C18H22N6O2S. The van der Waals surface area contributed by atoms with E-state index in [0.717, 1.165) is 54.1 Å². The van der Waals surface area contributed by atoms with Crippen molar-refractivity contribution in [2.75, 3.05) is 13.7 Å². The van der Waals surface area contributed by atoms with Crippen molar-refractivity contribution < 1.29 is 9.47 Å². The molecule has 0 saturated carbocycles. The summed E-state index contributed by atoms with van der Waals surface area (Å²) in [6.45, 7) is 1.57. The maximum atomic E-state index is 5.85. The zero-order valence-corrected chi connectivity index (χ0v) is 16.2. The van der Waals surface area contributed by atoms with E-state index in [1.165, 1.54) is 0 Å². The molecule has 1 saturated heterocycles. The van der Waals surface area contributed by atoms with Crippen molar-refractivity contribution in [2.45, 2.75) is 36.4 Å². The minimum atomic E-state index is 0.201. The average Bonchev–Trinajstić information content (AvgIpc) is 3.43. The highest BCUT2D eigenvalue weighted by Crippen LogP contribution is 2.28. The fourth-order valence-corrected chi connectivity index (χ4v) is 4.02. The van der Waals surface area contributed by atoms with E-state index in [1.807, 2.05) is 31.3 Å². The van der Waals surface area contributed by atoms with E-state index >= 15 is 0 Å². The van der Waals surface area contributed by atoms with Gasteiger partial charge < -0.3 is 9.47 Å². The van der Waals surface area contributed by atoms with Gasteiger partial charge in [-0.25, -0.2) is 4.98 Å². The molecule has 0 radical (unpaired) electrons. The van der Waals surface area contributed by atoms with Gasteiger partial charge in [0.05, 0.1) is 25.5 Å². The molecule has 1 aromatic carbocycles. The van der Waals surface area contributed by atoms with Crippen LogP contribution in [0.2, 0.25) is 0 Å². The van der Waals surface area contributed by atoms with E-state index in [4.69, 9.17) is 9.47 Å². The lowest BCUT2D eigenvalue weighted by Crippen LogP contribution is -2.16. The minimum absolute atomic E-state index is 0.201. The number of nitrogens with zero attached hydrogens (tertiary/aromatic N) is 6. The highest BCUT2D eigenvalue weighted by atomic mass is 32.2. The Morgan fingerprint density at radius 2 is 2.11 bits per heavy atom. The van der Waals surface area contributed by atoms with Gasteiger partial charge in [-0.1, -0.05) is 11.8 Å². The number of aromatic nitrogens is 6. The molecule has 4 rings (SSSR count). The standard InChI is InChI=1S/C18H22N6O2S/c1-23-16(19-12-20-23)11-27-18-22-21-17(13-5-7-14(25-2)8-6-13)24(18)10-15-4-3-9-26-15/h5-8,12,15H,3-4,9-11H2,1-2H3. The highest BCUT2D eigenvalue weighted by molar-refractivity contribution is 7.98. The van der Waals surface area contributed by atoms with Gasteiger partial charge in [0.1, 0.15) is 17.9 Å². The number of rotatable bonds is 7. The van der Waals surface area contributed by atoms with Crippen LogP contribution in [0.3, 0.4) is 0 Å². The fourth-order valence-electron chi connectivity index (χ4n) is 3.09. The molecule has 1 atom stereocenters. The molecule has 0 aliphatic carbocycles. The third-order valence-electron chi connectivity index (χ3n) is 4.61. The van der Waals surface area contributed by atoms with E-state index in [2.05, 4.69) is 24.8 Å². The van der Waals surface area contributed by atoms with Crippen molar-refractivity contribution in [2.24, 2.45) is 7.05 Å². The van der Waals surface area contributed by atoms with E-state index in [0.29, 0.717) is 5.75 Å². The number of ether oxygens (including phenoxy) is 2. The van der Waals surface area contributed by atoms with Gasteiger partial charge in [-0.15, -0.1) is 10.2 Å². The van der Waals surface area contributed by atoms with Crippen LogP contribution >= 0.6 is 11.8 Å². The Morgan fingerprint density at radius 3 is 2.78 bits per heavy atom. The summed E-state index contributed by atoms with van der Waals surface area (Å²) < 4.78 is 15.0. The quantitative estimate of drug-likeness (QED) is 0.577. The Kier molecular flexibility index (Phi) is 5.40. The average molecular weight is 386 g/mol. The molecule has 142 valence electrons. The molecule has 3 heterocycles. The van der Waals surface area contributed by atoms with Crippen LogP contribution in [0.5, 0.6) is 5.75 Å². The number of thioether (sulfide) groups is 1. The number of hydrogen-bond acceptors (Lipinski definition) is 7. The zero-order chi connectivity index (χ0) is 18.6. The Bertz CT molecular complexity index is 886. The normalized spacial score (nSPS) is 16.7. The molecule has 3 aromatic rings. The Balaban J connectivity index is 1.61. The van der Waals surface area contributed by atoms with Gasteiger partial charge in [-0.3, -0.25) is 9.25 Å². The van der Waals surface area contributed by atoms with Crippen LogP contribution in [0.4, 0.5) is 0 Å². The first kappa shape index (κ1) is 18.0. The summed E-state index contributed by atoms with van der Waals surface area (Å²) >= 11 is 1.61. The van der Waals surface area contributed by atoms with Gasteiger partial charge in [0.25, 0.3) is 0 Å². The van der Waals surface area contributed by atoms with E-state index in [9.17, 15) is 0 Å². The zero-order valence-electron chi connectivity index (χ0n) is 15.4. The second-order valence-electron chi connectivity index (χ2n) is 6.37. The van der Waals surface area contributed by atoms with Crippen molar-refractivity contribution in [1.82, 2.24) is 29.5 Å². The van der Waals surface area contributed by atoms with Crippen LogP contribution < -0.4 is 4.74 Å². The molecule has 0 amide bonds. The molecule has 1 fully saturated rings. The third kappa shape index (κ3) is 3.98. The van der Waals surface area contributed by atoms with Crippen LogP contribution in [-0.4, -0.2) is 49.3 Å². The molecule has 1 unspecified atom stereocenters. The molecule has 1 aliphatic rings. The molecule has 0 bridgehead atoms. The molecule has 9 heteroatoms. The van der Waals surface area contributed by atoms with E-state index < -0.39 is 0 Å². The van der Waals surface area contributed by atoms with Crippen LogP contribution in [0, 0.1) is 0 Å². The summed E-state index contributed by atoms with van der Waals surface area (Å²) in [6, 6.07) is 7.89. The number of aryl methyl sites for hydroxylation is 1. The molecule has 2 aromatic heterocycles. The predicted molar refractivity (Wildman–Crippen MR) is 102 cm³/mol. The third-order valence-corrected chi connectivity index (χ3v) is 5.57. The summed E-state index contributed by atoms with van der Waals surface area (Å²) in [5.74, 6) is 3.25. The van der Waals surface area contributed by atoms with Gasteiger partial charge in [0, 0.05) is 19.2 Å². The van der Waals surface area contributed by atoms with E-state index in [-0.39, 0.29) is 6.10 Å². The Hall–Kier alpha value is -2.39. The second kappa shape index (κ2) is 8.10. The first-order chi connectivity index (χ1) is 13.2. The van der Waals surface area contributed by atoms with Crippen molar-refractivity contribution in [1.29, 1.82) is 0 Å². The van der Waals surface area contributed by atoms with E-state index in [1.54, 1.807) is 29.9 Å². The predicted octanol–water partition coefficient (Wildman–Crippen LogP) is 2.55. The molecular weight excluding hydrogens is 364 g/mol. The summed E-state index contributed by atoms with van der Waals surface area (Å²) in [6.07, 6.45) is 3.93. The Morgan fingerprint density at radius 1 is 1.26 bits per heavy atom. The van der Waals surface area contributed by atoms with Crippen molar-refractivity contribution in [3.05, 3.63) is 36.4 Å².